The lowest BCUT2D eigenvalue weighted by atomic mass is 10.3. The van der Waals surface area contributed by atoms with Crippen LogP contribution in [0.4, 0.5) is 0 Å². The Morgan fingerprint density at radius 1 is 1.52 bits per heavy atom. The largest absolute Gasteiger partial charge is 0.481 e. The lowest BCUT2D eigenvalue weighted by molar-refractivity contribution is -0.136. The monoisotopic (exact) mass is 345 g/mol. The van der Waals surface area contributed by atoms with Gasteiger partial charge in [-0.15, -0.1) is 11.3 Å². The fourth-order valence-electron chi connectivity index (χ4n) is 1.87. The van der Waals surface area contributed by atoms with Crippen molar-refractivity contribution < 1.29 is 9.90 Å². The second-order valence-corrected chi connectivity index (χ2v) is 7.22. The third-order valence-corrected chi connectivity index (χ3v) is 5.77. The van der Waals surface area contributed by atoms with Gasteiger partial charge < -0.3 is 5.11 Å². The van der Waals surface area contributed by atoms with Gasteiger partial charge in [-0.2, -0.15) is 5.10 Å². The molecule has 114 valence electrons. The number of carbonyl (C=O) groups is 1. The van der Waals surface area contributed by atoms with E-state index in [1.807, 2.05) is 20.9 Å². The molecule has 2 heterocycles. The molecule has 0 fully saturated rings. The van der Waals surface area contributed by atoms with Crippen molar-refractivity contribution in [3.8, 4) is 0 Å². The van der Waals surface area contributed by atoms with Crippen molar-refractivity contribution in [2.45, 2.75) is 36.8 Å². The van der Waals surface area contributed by atoms with Crippen LogP contribution in [0.3, 0.4) is 0 Å². The molecule has 1 N–H and O–H groups in total. The summed E-state index contributed by atoms with van der Waals surface area (Å²) in [5.74, 6) is -0.164. The zero-order valence-corrected chi connectivity index (χ0v) is 14.4. The van der Waals surface area contributed by atoms with Crippen LogP contribution >= 0.6 is 34.7 Å². The molecule has 0 aliphatic carbocycles. The summed E-state index contributed by atoms with van der Waals surface area (Å²) in [4.78, 5) is 16.0. The summed E-state index contributed by atoms with van der Waals surface area (Å²) in [7, 11) is 1.88. The molecule has 2 aromatic heterocycles. The number of halogens is 1. The molecule has 21 heavy (non-hydrogen) atoms. The van der Waals surface area contributed by atoms with E-state index >= 15 is 0 Å². The van der Waals surface area contributed by atoms with Crippen LogP contribution in [-0.4, -0.2) is 25.8 Å². The second kappa shape index (κ2) is 6.81. The number of carboxylic acid groups (broad SMARTS) is 1. The van der Waals surface area contributed by atoms with Crippen LogP contribution in [0.15, 0.2) is 4.34 Å². The van der Waals surface area contributed by atoms with Crippen molar-refractivity contribution in [1.29, 1.82) is 0 Å². The summed E-state index contributed by atoms with van der Waals surface area (Å²) in [5.41, 5.74) is 2.65. The van der Waals surface area contributed by atoms with Crippen LogP contribution in [0.5, 0.6) is 0 Å². The predicted molar refractivity (Wildman–Crippen MR) is 85.3 cm³/mol. The predicted octanol–water partition coefficient (Wildman–Crippen LogP) is 3.32. The van der Waals surface area contributed by atoms with E-state index in [0.717, 1.165) is 32.7 Å². The van der Waals surface area contributed by atoms with Crippen LogP contribution in [0, 0.1) is 6.92 Å². The van der Waals surface area contributed by atoms with Crippen LogP contribution in [-0.2, 0) is 30.4 Å². The van der Waals surface area contributed by atoms with E-state index in [-0.39, 0.29) is 6.42 Å². The minimum atomic E-state index is -0.833. The van der Waals surface area contributed by atoms with Crippen molar-refractivity contribution >= 4 is 40.7 Å². The minimum Gasteiger partial charge on any atom is -0.481 e. The fourth-order valence-corrected chi connectivity index (χ4v) is 4.60. The van der Waals surface area contributed by atoms with Crippen LogP contribution in [0.25, 0.3) is 0 Å². The van der Waals surface area contributed by atoms with Crippen molar-refractivity contribution in [3.63, 3.8) is 0 Å². The molecule has 0 amide bonds. The Labute approximate surface area is 136 Å². The maximum atomic E-state index is 10.8. The normalized spacial score (nSPS) is 11.0. The van der Waals surface area contributed by atoms with Gasteiger partial charge in [-0.05, 0) is 13.3 Å². The SMILES string of the molecule is CCc1nn(C)c(CSc2nc(C)c(CC(=O)O)s2)c1Cl. The number of nitrogens with zero attached hydrogens (tertiary/aromatic N) is 3. The first-order chi connectivity index (χ1) is 9.92. The van der Waals surface area contributed by atoms with Crippen molar-refractivity contribution in [1.82, 2.24) is 14.8 Å². The number of carboxylic acids is 1. The Morgan fingerprint density at radius 2 is 2.24 bits per heavy atom. The summed E-state index contributed by atoms with van der Waals surface area (Å²) < 4.78 is 2.66. The maximum absolute atomic E-state index is 10.8. The summed E-state index contributed by atoms with van der Waals surface area (Å²) in [6, 6.07) is 0. The number of hydrogen-bond acceptors (Lipinski definition) is 5. The van der Waals surface area contributed by atoms with Gasteiger partial charge in [0.25, 0.3) is 0 Å². The van der Waals surface area contributed by atoms with E-state index in [9.17, 15) is 4.79 Å². The Balaban J connectivity index is 2.10. The average molecular weight is 346 g/mol. The van der Waals surface area contributed by atoms with Gasteiger partial charge in [0.1, 0.15) is 0 Å². The molecule has 5 nitrogen and oxygen atoms in total. The Kier molecular flexibility index (Phi) is 5.29. The molecule has 2 aromatic rings. The van der Waals surface area contributed by atoms with Crippen molar-refractivity contribution in [2.24, 2.45) is 7.05 Å². The first-order valence-electron chi connectivity index (χ1n) is 6.43. The highest BCUT2D eigenvalue weighted by molar-refractivity contribution is 8.00. The molecule has 0 saturated heterocycles. The average Bonchev–Trinajstić information content (AvgIpc) is 2.88. The number of aryl methyl sites for hydroxylation is 3. The number of thiazole rings is 1. The lowest BCUT2D eigenvalue weighted by Crippen LogP contribution is -1.99. The third kappa shape index (κ3) is 3.78. The van der Waals surface area contributed by atoms with Gasteiger partial charge >= 0.3 is 5.97 Å². The zero-order valence-electron chi connectivity index (χ0n) is 12.0. The minimum absolute atomic E-state index is 0.0243. The van der Waals surface area contributed by atoms with E-state index < -0.39 is 5.97 Å². The fraction of sp³-hybridized carbons (Fsp3) is 0.462. The van der Waals surface area contributed by atoms with E-state index in [4.69, 9.17) is 16.7 Å². The molecule has 0 unspecified atom stereocenters. The number of rotatable bonds is 6. The van der Waals surface area contributed by atoms with Gasteiger partial charge in [0.2, 0.25) is 0 Å². The van der Waals surface area contributed by atoms with E-state index in [2.05, 4.69) is 10.1 Å². The number of aliphatic carboxylic acids is 1. The molecule has 2 rings (SSSR count). The zero-order chi connectivity index (χ0) is 15.6. The van der Waals surface area contributed by atoms with E-state index in [1.54, 1.807) is 16.4 Å². The van der Waals surface area contributed by atoms with Crippen LogP contribution < -0.4 is 0 Å². The molecular formula is C13H16ClN3O2S2. The van der Waals surface area contributed by atoms with Crippen LogP contribution in [0.1, 0.15) is 28.9 Å². The van der Waals surface area contributed by atoms with Gasteiger partial charge in [-0.3, -0.25) is 9.48 Å². The summed E-state index contributed by atoms with van der Waals surface area (Å²) >= 11 is 9.30. The Bertz CT molecular complexity index is 667. The summed E-state index contributed by atoms with van der Waals surface area (Å²) in [6.45, 7) is 3.86. The van der Waals surface area contributed by atoms with Crippen LogP contribution in [0.2, 0.25) is 5.02 Å². The molecule has 0 aliphatic rings. The second-order valence-electron chi connectivity index (χ2n) is 4.53. The molecule has 0 spiro atoms. The van der Waals surface area contributed by atoms with Gasteiger partial charge in [-0.1, -0.05) is 30.3 Å². The molecular weight excluding hydrogens is 330 g/mol. The number of hydrogen-bond donors (Lipinski definition) is 1. The highest BCUT2D eigenvalue weighted by Crippen LogP contribution is 2.32. The molecule has 0 radical (unpaired) electrons. The van der Waals surface area contributed by atoms with Gasteiger partial charge in [-0.25, -0.2) is 4.98 Å². The van der Waals surface area contributed by atoms with Gasteiger partial charge in [0.15, 0.2) is 4.34 Å². The summed E-state index contributed by atoms with van der Waals surface area (Å²) in [5, 5.41) is 13.9. The van der Waals surface area contributed by atoms with Gasteiger partial charge in [0.05, 0.1) is 28.5 Å². The molecule has 0 bridgehead atoms. The molecule has 8 heteroatoms. The highest BCUT2D eigenvalue weighted by atomic mass is 35.5. The highest BCUT2D eigenvalue weighted by Gasteiger charge is 2.15. The van der Waals surface area contributed by atoms with Crippen molar-refractivity contribution in [2.75, 3.05) is 0 Å². The molecule has 0 atom stereocenters. The first kappa shape index (κ1) is 16.3. The Hall–Kier alpha value is -1.05. The van der Waals surface area contributed by atoms with E-state index in [1.165, 1.54) is 11.3 Å². The van der Waals surface area contributed by atoms with E-state index in [0.29, 0.717) is 10.8 Å². The standard InChI is InChI=1S/C13H16ClN3O2S2/c1-4-8-12(14)9(17(3)16-8)6-20-13-15-7(2)10(21-13)5-11(18)19/h4-6H2,1-3H3,(H,18,19). The molecule has 0 aromatic carbocycles. The lowest BCUT2D eigenvalue weighted by Gasteiger charge is -2.00. The Morgan fingerprint density at radius 3 is 2.81 bits per heavy atom. The summed E-state index contributed by atoms with van der Waals surface area (Å²) in [6.07, 6.45) is 0.826. The first-order valence-corrected chi connectivity index (χ1v) is 8.61. The smallest absolute Gasteiger partial charge is 0.308 e. The quantitative estimate of drug-likeness (QED) is 0.813. The van der Waals surface area contributed by atoms with Crippen molar-refractivity contribution in [3.05, 3.63) is 27.0 Å². The molecule has 0 saturated carbocycles. The topological polar surface area (TPSA) is 68.0 Å². The number of thioether (sulfide) groups is 1. The third-order valence-electron chi connectivity index (χ3n) is 3.02. The van der Waals surface area contributed by atoms with Gasteiger partial charge in [0, 0.05) is 17.7 Å². The maximum Gasteiger partial charge on any atom is 0.308 e. The number of aromatic nitrogens is 3. The molecule has 0 aliphatic heterocycles.